The van der Waals surface area contributed by atoms with Gasteiger partial charge in [-0.3, -0.25) is 0 Å². The Morgan fingerprint density at radius 1 is 1.21 bits per heavy atom. The average molecular weight is 374 g/mol. The highest BCUT2D eigenvalue weighted by Crippen LogP contribution is 2.40. The van der Waals surface area contributed by atoms with Gasteiger partial charge in [-0.1, -0.05) is 48.1 Å². The fourth-order valence-electron chi connectivity index (χ4n) is 3.35. The number of amides is 1. The molecule has 2 aromatic carbocycles. The Kier molecular flexibility index (Phi) is 4.76. The Labute approximate surface area is 162 Å². The van der Waals surface area contributed by atoms with Gasteiger partial charge in [0.15, 0.2) is 11.5 Å². The van der Waals surface area contributed by atoms with Crippen LogP contribution in [0.5, 0.6) is 11.5 Å². The summed E-state index contributed by atoms with van der Waals surface area (Å²) in [7, 11) is 0. The molecule has 0 bridgehead atoms. The zero-order valence-corrected chi connectivity index (χ0v) is 15.3. The van der Waals surface area contributed by atoms with E-state index in [2.05, 4.69) is 23.5 Å². The van der Waals surface area contributed by atoms with Gasteiger partial charge in [-0.15, -0.1) is 5.10 Å². The molecule has 1 N–H and O–H groups in total. The molecule has 0 aliphatic carbocycles. The quantitative estimate of drug-likeness (QED) is 0.525. The van der Waals surface area contributed by atoms with Crippen LogP contribution in [0.15, 0.2) is 67.6 Å². The molecule has 0 radical (unpaired) electrons. The molecule has 0 saturated heterocycles. The number of rotatable bonds is 6. The summed E-state index contributed by atoms with van der Waals surface area (Å²) in [5.74, 6) is 1.59. The van der Waals surface area contributed by atoms with Gasteiger partial charge in [0.25, 0.3) is 0 Å². The molecule has 1 aliphatic rings. The number of nitrogens with zero attached hydrogens (tertiary/aromatic N) is 2. The van der Waals surface area contributed by atoms with E-state index in [9.17, 15) is 4.79 Å². The van der Waals surface area contributed by atoms with Gasteiger partial charge in [0, 0.05) is 5.92 Å². The lowest BCUT2D eigenvalue weighted by atomic mass is 9.87. The second kappa shape index (κ2) is 7.52. The zero-order valence-electron chi connectivity index (χ0n) is 15.3. The van der Waals surface area contributed by atoms with Crippen LogP contribution in [0.1, 0.15) is 29.0 Å². The molecule has 6 nitrogen and oxygen atoms in total. The molecule has 140 valence electrons. The van der Waals surface area contributed by atoms with E-state index in [4.69, 9.17) is 9.47 Å². The van der Waals surface area contributed by atoms with Crippen molar-refractivity contribution in [1.29, 1.82) is 0 Å². The summed E-state index contributed by atoms with van der Waals surface area (Å²) in [5.41, 5.74) is 2.93. The third-order valence-electron chi connectivity index (χ3n) is 4.79. The van der Waals surface area contributed by atoms with Crippen LogP contribution < -0.4 is 9.47 Å². The maximum Gasteiger partial charge on any atom is 0.314 e. The van der Waals surface area contributed by atoms with Crippen molar-refractivity contribution >= 4 is 18.4 Å². The third kappa shape index (κ3) is 3.32. The standard InChI is InChI=1S/C22H20N3O3/c1-3-27-20-11-16(9-10-19(20)28-14-15-7-5-4-6-8-15)17-12-21(26)25(2)22-18(17)13-23-24-22/h3-11,13,17H,1-2,12,14H2,(H,23,24)/q+1. The van der Waals surface area contributed by atoms with Gasteiger partial charge in [0.1, 0.15) is 6.61 Å². The van der Waals surface area contributed by atoms with Crippen LogP contribution in [0.3, 0.4) is 0 Å². The number of carbonyl (C=O) groups excluding carboxylic acids is 1. The van der Waals surface area contributed by atoms with Gasteiger partial charge in [0.05, 0.1) is 31.2 Å². The molecule has 4 rings (SSSR count). The van der Waals surface area contributed by atoms with Crippen molar-refractivity contribution in [2.75, 3.05) is 0 Å². The van der Waals surface area contributed by atoms with Gasteiger partial charge in [-0.2, -0.15) is 4.58 Å². The minimum absolute atomic E-state index is 0.0719. The van der Waals surface area contributed by atoms with Crippen molar-refractivity contribution in [3.05, 3.63) is 84.3 Å². The maximum atomic E-state index is 12.3. The van der Waals surface area contributed by atoms with E-state index in [1.54, 1.807) is 6.20 Å². The van der Waals surface area contributed by atoms with E-state index in [-0.39, 0.29) is 11.8 Å². The van der Waals surface area contributed by atoms with E-state index in [0.29, 0.717) is 30.3 Å². The number of benzene rings is 2. The number of carbonyl (C=O) groups is 1. The van der Waals surface area contributed by atoms with Gasteiger partial charge in [-0.25, -0.2) is 4.79 Å². The second-order valence-electron chi connectivity index (χ2n) is 6.52. The molecule has 0 spiro atoms. The van der Waals surface area contributed by atoms with Crippen molar-refractivity contribution in [2.45, 2.75) is 18.9 Å². The Morgan fingerprint density at radius 3 is 2.82 bits per heavy atom. The van der Waals surface area contributed by atoms with Crippen molar-refractivity contribution in [2.24, 2.45) is 0 Å². The average Bonchev–Trinajstić information content (AvgIpc) is 3.21. The molecule has 2 heterocycles. The van der Waals surface area contributed by atoms with Crippen molar-refractivity contribution < 1.29 is 18.8 Å². The monoisotopic (exact) mass is 374 g/mol. The van der Waals surface area contributed by atoms with Crippen LogP contribution >= 0.6 is 0 Å². The molecular formula is C22H20N3O3+. The highest BCUT2D eigenvalue weighted by Gasteiger charge is 2.36. The van der Waals surface area contributed by atoms with Gasteiger partial charge < -0.3 is 9.47 Å². The Hall–Kier alpha value is -3.67. The minimum atomic E-state index is -0.130. The number of fused-ring (bicyclic) bond motifs is 1. The lowest BCUT2D eigenvalue weighted by molar-refractivity contribution is -0.367. The van der Waals surface area contributed by atoms with Gasteiger partial charge >= 0.3 is 11.7 Å². The molecule has 1 aliphatic heterocycles. The van der Waals surface area contributed by atoms with Crippen molar-refractivity contribution in [3.8, 4) is 11.5 Å². The van der Waals surface area contributed by atoms with Crippen LogP contribution in [0, 0.1) is 0 Å². The Morgan fingerprint density at radius 2 is 2.04 bits per heavy atom. The first-order valence-electron chi connectivity index (χ1n) is 8.92. The van der Waals surface area contributed by atoms with Crippen molar-refractivity contribution in [3.63, 3.8) is 0 Å². The Bertz CT molecular complexity index is 1040. The van der Waals surface area contributed by atoms with E-state index in [0.717, 1.165) is 16.7 Å². The highest BCUT2D eigenvalue weighted by atomic mass is 16.5. The molecule has 0 fully saturated rings. The molecule has 28 heavy (non-hydrogen) atoms. The van der Waals surface area contributed by atoms with Gasteiger partial charge in [-0.05, 0) is 23.3 Å². The van der Waals surface area contributed by atoms with E-state index in [1.165, 1.54) is 10.8 Å². The fraction of sp³-hybridized carbons (Fsp3) is 0.136. The van der Waals surface area contributed by atoms with Crippen LogP contribution in [0.2, 0.25) is 0 Å². The number of H-pyrrole nitrogens is 1. The predicted octanol–water partition coefficient (Wildman–Crippen LogP) is 3.92. The summed E-state index contributed by atoms with van der Waals surface area (Å²) in [6.45, 7) is 7.86. The van der Waals surface area contributed by atoms with Crippen LogP contribution in [0.25, 0.3) is 0 Å². The zero-order chi connectivity index (χ0) is 19.5. The number of hydrogen-bond acceptors (Lipinski definition) is 4. The first kappa shape index (κ1) is 17.7. The lowest BCUT2D eigenvalue weighted by Gasteiger charge is -2.21. The molecule has 6 heteroatoms. The van der Waals surface area contributed by atoms with Crippen LogP contribution in [0.4, 0.5) is 5.82 Å². The summed E-state index contributed by atoms with van der Waals surface area (Å²) >= 11 is 0. The minimum Gasteiger partial charge on any atom is -0.485 e. The summed E-state index contributed by atoms with van der Waals surface area (Å²) in [6.07, 6.45) is 3.41. The molecule has 1 atom stereocenters. The first-order chi connectivity index (χ1) is 13.7. The van der Waals surface area contributed by atoms with Crippen molar-refractivity contribution in [1.82, 2.24) is 10.2 Å². The first-order valence-corrected chi connectivity index (χ1v) is 8.92. The molecule has 0 saturated carbocycles. The maximum absolute atomic E-state index is 12.3. The fourth-order valence-corrected chi connectivity index (χ4v) is 3.35. The molecule has 1 unspecified atom stereocenters. The molecular weight excluding hydrogens is 354 g/mol. The summed E-state index contributed by atoms with van der Waals surface area (Å²) in [6, 6.07) is 15.6. The summed E-state index contributed by atoms with van der Waals surface area (Å²) in [5, 5.41) is 6.92. The second-order valence-corrected chi connectivity index (χ2v) is 6.52. The number of aromatic amines is 1. The number of hydrogen-bond donors (Lipinski definition) is 1. The van der Waals surface area contributed by atoms with E-state index >= 15 is 0 Å². The van der Waals surface area contributed by atoms with E-state index in [1.807, 2.05) is 48.5 Å². The molecule has 1 amide bonds. The van der Waals surface area contributed by atoms with Crippen LogP contribution in [-0.4, -0.2) is 27.4 Å². The smallest absolute Gasteiger partial charge is 0.314 e. The highest BCUT2D eigenvalue weighted by molar-refractivity contribution is 5.77. The predicted molar refractivity (Wildman–Crippen MR) is 105 cm³/mol. The lowest BCUT2D eigenvalue weighted by Crippen LogP contribution is -2.24. The number of aromatic nitrogens is 2. The SMILES string of the molecule is C=COc1cc(C2CC(=O)[N+](=C)c3[nH]ncc32)ccc1OCc1ccccc1. The summed E-state index contributed by atoms with van der Waals surface area (Å²) in [4.78, 5) is 12.3. The van der Waals surface area contributed by atoms with Gasteiger partial charge in [0.2, 0.25) is 0 Å². The largest absolute Gasteiger partial charge is 0.485 e. The van der Waals surface area contributed by atoms with Crippen LogP contribution in [-0.2, 0) is 11.4 Å². The number of ether oxygens (including phenoxy) is 2. The summed E-state index contributed by atoms with van der Waals surface area (Å²) < 4.78 is 12.9. The molecule has 1 aromatic heterocycles. The third-order valence-corrected chi connectivity index (χ3v) is 4.79. The molecule has 3 aromatic rings. The normalized spacial score (nSPS) is 15.8. The van der Waals surface area contributed by atoms with E-state index < -0.39 is 0 Å². The topological polar surface area (TPSA) is 67.2 Å². The number of nitrogens with one attached hydrogen (secondary N) is 1. The Balaban J connectivity index is 1.63.